The van der Waals surface area contributed by atoms with Gasteiger partial charge in [-0.2, -0.15) is 0 Å². The number of para-hydroxylation sites is 1. The third-order valence-corrected chi connectivity index (χ3v) is 4.50. The molecule has 3 aromatic carbocycles. The van der Waals surface area contributed by atoms with Crippen LogP contribution in [0.1, 0.15) is 37.4 Å². The molecule has 26 heavy (non-hydrogen) atoms. The number of hydrogen-bond acceptors (Lipinski definition) is 2. The van der Waals surface area contributed by atoms with Crippen LogP contribution >= 0.6 is 0 Å². The number of aryl methyl sites for hydroxylation is 1. The molecule has 0 aromatic heterocycles. The topological polar surface area (TPSA) is 37.4 Å². The molecule has 2 amide bonds. The van der Waals surface area contributed by atoms with Crippen LogP contribution in [0.2, 0.25) is 0 Å². The average molecular weight is 339 g/mol. The van der Waals surface area contributed by atoms with Gasteiger partial charge in [-0.05, 0) is 36.2 Å². The summed E-state index contributed by atoms with van der Waals surface area (Å²) >= 11 is 0. The van der Waals surface area contributed by atoms with Gasteiger partial charge in [0.1, 0.15) is 0 Å². The summed E-state index contributed by atoms with van der Waals surface area (Å²) in [6.07, 6.45) is 3.92. The zero-order valence-electron chi connectivity index (χ0n) is 14.3. The number of anilines is 1. The fourth-order valence-corrected chi connectivity index (χ4v) is 3.10. The Morgan fingerprint density at radius 3 is 1.92 bits per heavy atom. The standard InChI is InChI=1S/C23H17NO2/c1-16-10-12-17(13-11-16)14-15-18-6-2-5-9-21(18)24-22(25)19-7-3-4-8-20(19)23(24)26/h2-15H,1H3/b15-14+. The molecule has 4 rings (SSSR count). The van der Waals surface area contributed by atoms with Crippen molar-refractivity contribution in [2.24, 2.45) is 0 Å². The molecule has 0 unspecified atom stereocenters. The minimum Gasteiger partial charge on any atom is -0.268 e. The fourth-order valence-electron chi connectivity index (χ4n) is 3.10. The second kappa shape index (κ2) is 6.45. The van der Waals surface area contributed by atoms with Crippen molar-refractivity contribution in [2.45, 2.75) is 6.92 Å². The van der Waals surface area contributed by atoms with E-state index in [1.807, 2.05) is 49.4 Å². The van der Waals surface area contributed by atoms with Crippen LogP contribution < -0.4 is 4.90 Å². The Balaban J connectivity index is 1.72. The molecule has 0 fully saturated rings. The summed E-state index contributed by atoms with van der Waals surface area (Å²) in [4.78, 5) is 26.8. The van der Waals surface area contributed by atoms with E-state index in [4.69, 9.17) is 0 Å². The molecule has 126 valence electrons. The largest absolute Gasteiger partial charge is 0.268 e. The van der Waals surface area contributed by atoms with Gasteiger partial charge in [-0.15, -0.1) is 0 Å². The molecule has 0 bridgehead atoms. The summed E-state index contributed by atoms with van der Waals surface area (Å²) in [7, 11) is 0. The molecule has 0 N–H and O–H groups in total. The van der Waals surface area contributed by atoms with E-state index in [9.17, 15) is 9.59 Å². The van der Waals surface area contributed by atoms with Gasteiger partial charge in [-0.1, -0.05) is 72.3 Å². The van der Waals surface area contributed by atoms with Gasteiger partial charge in [0, 0.05) is 0 Å². The number of benzene rings is 3. The number of carbonyl (C=O) groups excluding carboxylic acids is 2. The quantitative estimate of drug-likeness (QED) is 0.499. The maximum atomic E-state index is 12.8. The molecule has 0 saturated heterocycles. The van der Waals surface area contributed by atoms with Crippen molar-refractivity contribution in [3.63, 3.8) is 0 Å². The van der Waals surface area contributed by atoms with E-state index >= 15 is 0 Å². The second-order valence-corrected chi connectivity index (χ2v) is 6.29. The molecule has 1 heterocycles. The Kier molecular flexibility index (Phi) is 3.98. The van der Waals surface area contributed by atoms with Crippen molar-refractivity contribution < 1.29 is 9.59 Å². The molecule has 1 aliphatic rings. The van der Waals surface area contributed by atoms with E-state index in [1.54, 1.807) is 30.3 Å². The summed E-state index contributed by atoms with van der Waals surface area (Å²) in [5, 5.41) is 0. The van der Waals surface area contributed by atoms with Crippen LogP contribution in [0.25, 0.3) is 12.2 Å². The Morgan fingerprint density at radius 1 is 0.692 bits per heavy atom. The fraction of sp³-hybridized carbons (Fsp3) is 0.0435. The maximum absolute atomic E-state index is 12.8. The predicted molar refractivity (Wildman–Crippen MR) is 104 cm³/mol. The zero-order valence-corrected chi connectivity index (χ0v) is 14.3. The lowest BCUT2D eigenvalue weighted by Gasteiger charge is -2.16. The number of fused-ring (bicyclic) bond motifs is 1. The van der Waals surface area contributed by atoms with Crippen molar-refractivity contribution in [1.82, 2.24) is 0 Å². The number of imide groups is 1. The Hall–Kier alpha value is -3.46. The highest BCUT2D eigenvalue weighted by Gasteiger charge is 2.36. The molecule has 3 nitrogen and oxygen atoms in total. The normalized spacial score (nSPS) is 13.5. The summed E-state index contributed by atoms with van der Waals surface area (Å²) < 4.78 is 0. The first-order valence-corrected chi connectivity index (χ1v) is 8.47. The van der Waals surface area contributed by atoms with E-state index in [1.165, 1.54) is 10.5 Å². The zero-order chi connectivity index (χ0) is 18.1. The van der Waals surface area contributed by atoms with E-state index in [-0.39, 0.29) is 11.8 Å². The number of carbonyl (C=O) groups is 2. The highest BCUT2D eigenvalue weighted by atomic mass is 16.2. The average Bonchev–Trinajstić information content (AvgIpc) is 2.93. The van der Waals surface area contributed by atoms with Crippen LogP contribution in [0.3, 0.4) is 0 Å². The van der Waals surface area contributed by atoms with Crippen LogP contribution in [-0.4, -0.2) is 11.8 Å². The molecule has 0 spiro atoms. The van der Waals surface area contributed by atoms with Gasteiger partial charge < -0.3 is 0 Å². The van der Waals surface area contributed by atoms with Crippen molar-refractivity contribution in [2.75, 3.05) is 4.90 Å². The van der Waals surface area contributed by atoms with Crippen LogP contribution in [0.15, 0.2) is 72.8 Å². The minimum absolute atomic E-state index is 0.276. The third-order valence-electron chi connectivity index (χ3n) is 4.50. The van der Waals surface area contributed by atoms with Crippen LogP contribution in [0.5, 0.6) is 0 Å². The van der Waals surface area contributed by atoms with Gasteiger partial charge in [-0.25, -0.2) is 4.90 Å². The summed E-state index contributed by atoms with van der Waals surface area (Å²) in [6, 6.07) is 22.6. The Bertz CT molecular complexity index is 997. The minimum atomic E-state index is -0.276. The molecular formula is C23H17NO2. The molecule has 0 aliphatic carbocycles. The van der Waals surface area contributed by atoms with Crippen molar-refractivity contribution in [1.29, 1.82) is 0 Å². The predicted octanol–water partition coefficient (Wildman–Crippen LogP) is 4.97. The van der Waals surface area contributed by atoms with E-state index < -0.39 is 0 Å². The summed E-state index contributed by atoms with van der Waals surface area (Å²) in [5.41, 5.74) is 4.59. The Morgan fingerprint density at radius 2 is 1.27 bits per heavy atom. The molecule has 0 radical (unpaired) electrons. The second-order valence-electron chi connectivity index (χ2n) is 6.29. The van der Waals surface area contributed by atoms with Crippen molar-refractivity contribution in [3.8, 4) is 0 Å². The molecule has 1 aliphatic heterocycles. The molecule has 3 heteroatoms. The molecular weight excluding hydrogens is 322 g/mol. The van der Waals surface area contributed by atoms with E-state index in [0.29, 0.717) is 16.8 Å². The van der Waals surface area contributed by atoms with Gasteiger partial charge in [0.05, 0.1) is 16.8 Å². The van der Waals surface area contributed by atoms with Gasteiger partial charge >= 0.3 is 0 Å². The lowest BCUT2D eigenvalue weighted by Crippen LogP contribution is -2.29. The van der Waals surface area contributed by atoms with E-state index in [2.05, 4.69) is 12.1 Å². The summed E-state index contributed by atoms with van der Waals surface area (Å²) in [6.45, 7) is 2.05. The third kappa shape index (κ3) is 2.74. The van der Waals surface area contributed by atoms with Gasteiger partial charge in [-0.3, -0.25) is 9.59 Å². The monoisotopic (exact) mass is 339 g/mol. The summed E-state index contributed by atoms with van der Waals surface area (Å²) in [5.74, 6) is -0.552. The lowest BCUT2D eigenvalue weighted by molar-refractivity contribution is 0.0926. The smallest absolute Gasteiger partial charge is 0.266 e. The maximum Gasteiger partial charge on any atom is 0.266 e. The van der Waals surface area contributed by atoms with Gasteiger partial charge in [0.15, 0.2) is 0 Å². The van der Waals surface area contributed by atoms with Gasteiger partial charge in [0.25, 0.3) is 11.8 Å². The first-order chi connectivity index (χ1) is 12.6. The van der Waals surface area contributed by atoms with Crippen LogP contribution in [-0.2, 0) is 0 Å². The Labute approximate surface area is 152 Å². The number of amides is 2. The first kappa shape index (κ1) is 16.0. The first-order valence-electron chi connectivity index (χ1n) is 8.47. The number of rotatable bonds is 3. The van der Waals surface area contributed by atoms with Gasteiger partial charge in [0.2, 0.25) is 0 Å². The molecule has 3 aromatic rings. The SMILES string of the molecule is Cc1ccc(/C=C/c2ccccc2N2C(=O)c3ccccc3C2=O)cc1. The molecule has 0 atom stereocenters. The van der Waals surface area contributed by atoms with Crippen molar-refractivity contribution in [3.05, 3.63) is 101 Å². The van der Waals surface area contributed by atoms with Crippen LogP contribution in [0, 0.1) is 6.92 Å². The number of hydrogen-bond donors (Lipinski definition) is 0. The van der Waals surface area contributed by atoms with Crippen molar-refractivity contribution >= 4 is 29.7 Å². The van der Waals surface area contributed by atoms with E-state index in [0.717, 1.165) is 11.1 Å². The lowest BCUT2D eigenvalue weighted by atomic mass is 10.1. The highest BCUT2D eigenvalue weighted by Crippen LogP contribution is 2.31. The highest BCUT2D eigenvalue weighted by molar-refractivity contribution is 6.34. The van der Waals surface area contributed by atoms with Crippen LogP contribution in [0.4, 0.5) is 5.69 Å². The number of nitrogens with zero attached hydrogens (tertiary/aromatic N) is 1. The molecule has 0 saturated carbocycles.